The molecule has 114 valence electrons. The lowest BCUT2D eigenvalue weighted by Crippen LogP contribution is -2.41. The smallest absolute Gasteiger partial charge is 0.190 e. The largest absolute Gasteiger partial charge is 0.373 e. The zero-order valence-electron chi connectivity index (χ0n) is 12.5. The van der Waals surface area contributed by atoms with Crippen LogP contribution in [-0.2, 0) is 18.9 Å². The molecule has 7 nitrogen and oxygen atoms in total. The summed E-state index contributed by atoms with van der Waals surface area (Å²) >= 11 is 0. The lowest BCUT2D eigenvalue weighted by atomic mass is 10.1. The van der Waals surface area contributed by atoms with Crippen molar-refractivity contribution in [3.63, 3.8) is 0 Å². The van der Waals surface area contributed by atoms with Gasteiger partial charge in [-0.1, -0.05) is 25.4 Å². The van der Waals surface area contributed by atoms with Gasteiger partial charge in [-0.2, -0.15) is 0 Å². The van der Waals surface area contributed by atoms with Crippen molar-refractivity contribution >= 4 is 0 Å². The zero-order chi connectivity index (χ0) is 14.8. The van der Waals surface area contributed by atoms with Crippen LogP contribution in [0.1, 0.15) is 40.5 Å². The number of hydrogen-bond acceptors (Lipinski definition) is 5. The summed E-state index contributed by atoms with van der Waals surface area (Å²) < 4.78 is 23.3. The summed E-state index contributed by atoms with van der Waals surface area (Å²) in [6.07, 6.45) is 0.686. The minimum Gasteiger partial charge on any atom is -0.373 e. The van der Waals surface area contributed by atoms with Crippen LogP contribution in [0.25, 0.3) is 10.4 Å². The lowest BCUT2D eigenvalue weighted by Gasteiger charge is -2.27. The van der Waals surface area contributed by atoms with Gasteiger partial charge in [0.1, 0.15) is 12.2 Å². The Kier molecular flexibility index (Phi) is 4.88. The van der Waals surface area contributed by atoms with Gasteiger partial charge in [0.25, 0.3) is 0 Å². The first-order chi connectivity index (χ1) is 9.48. The molecule has 0 aromatic rings. The highest BCUT2D eigenvalue weighted by atomic mass is 16.8. The van der Waals surface area contributed by atoms with Crippen LogP contribution in [0.2, 0.25) is 0 Å². The molecule has 5 atom stereocenters. The molecule has 0 N–H and O–H groups in total. The van der Waals surface area contributed by atoms with E-state index in [2.05, 4.69) is 16.9 Å². The molecule has 0 unspecified atom stereocenters. The van der Waals surface area contributed by atoms with Crippen molar-refractivity contribution in [1.29, 1.82) is 0 Å². The lowest BCUT2D eigenvalue weighted by molar-refractivity contribution is -0.220. The molecule has 2 heterocycles. The predicted molar refractivity (Wildman–Crippen MR) is 72.0 cm³/mol. The third-order valence-electron chi connectivity index (χ3n) is 3.54. The molecule has 2 aliphatic rings. The summed E-state index contributed by atoms with van der Waals surface area (Å²) in [7, 11) is 0. The van der Waals surface area contributed by atoms with Crippen molar-refractivity contribution in [3.05, 3.63) is 10.4 Å². The van der Waals surface area contributed by atoms with Gasteiger partial charge in [-0.15, -0.1) is 0 Å². The maximum atomic E-state index is 8.58. The molecule has 0 spiro atoms. The number of rotatable bonds is 6. The Labute approximate surface area is 119 Å². The second-order valence-corrected chi connectivity index (χ2v) is 5.70. The normalized spacial score (nSPS) is 36.4. The Hall–Kier alpha value is -0.850. The molecule has 0 radical (unpaired) electrons. The molecule has 0 aromatic carbocycles. The van der Waals surface area contributed by atoms with E-state index in [9.17, 15) is 0 Å². The molecule has 2 saturated heterocycles. The first-order valence-corrected chi connectivity index (χ1v) is 7.15. The van der Waals surface area contributed by atoms with Gasteiger partial charge in [-0.05, 0) is 25.8 Å². The van der Waals surface area contributed by atoms with E-state index in [1.807, 2.05) is 20.8 Å². The summed E-state index contributed by atoms with van der Waals surface area (Å²) in [5.74, 6) is -0.672. The number of azide groups is 1. The highest BCUT2D eigenvalue weighted by Gasteiger charge is 2.56. The quantitative estimate of drug-likeness (QED) is 0.325. The Morgan fingerprint density at radius 3 is 2.80 bits per heavy atom. The van der Waals surface area contributed by atoms with E-state index >= 15 is 0 Å². The van der Waals surface area contributed by atoms with Gasteiger partial charge in [0.05, 0.1) is 12.1 Å². The van der Waals surface area contributed by atoms with Crippen LogP contribution in [0.3, 0.4) is 0 Å². The third-order valence-corrected chi connectivity index (χ3v) is 3.54. The van der Waals surface area contributed by atoms with Crippen molar-refractivity contribution in [3.8, 4) is 0 Å². The molecule has 0 bridgehead atoms. The van der Waals surface area contributed by atoms with Crippen LogP contribution >= 0.6 is 0 Å². The van der Waals surface area contributed by atoms with Gasteiger partial charge >= 0.3 is 0 Å². The van der Waals surface area contributed by atoms with E-state index in [0.29, 0.717) is 6.61 Å². The van der Waals surface area contributed by atoms with Crippen LogP contribution in [0.5, 0.6) is 0 Å². The first kappa shape index (κ1) is 15.5. The third kappa shape index (κ3) is 3.24. The molecule has 0 amide bonds. The van der Waals surface area contributed by atoms with Gasteiger partial charge in [0, 0.05) is 11.5 Å². The Morgan fingerprint density at radius 1 is 1.40 bits per heavy atom. The maximum Gasteiger partial charge on any atom is 0.190 e. The fourth-order valence-electron chi connectivity index (χ4n) is 2.59. The minimum absolute atomic E-state index is 0.270. The number of nitrogens with zero attached hydrogens (tertiary/aromatic N) is 3. The van der Waals surface area contributed by atoms with E-state index in [1.165, 1.54) is 0 Å². The van der Waals surface area contributed by atoms with Crippen LogP contribution in [-0.4, -0.2) is 43.0 Å². The van der Waals surface area contributed by atoms with Gasteiger partial charge in [0.2, 0.25) is 0 Å². The average Bonchev–Trinajstić information content (AvgIpc) is 2.83. The molecule has 0 saturated carbocycles. The molecule has 7 heteroatoms. The SMILES string of the molecule is CCCCO[C@H]1[C@H]2OC(C)(C)O[C@H]2O[C@@H]1[C@H](C)N=[N+]=[N-]. The monoisotopic (exact) mass is 285 g/mol. The van der Waals surface area contributed by atoms with Crippen molar-refractivity contribution in [2.24, 2.45) is 5.11 Å². The summed E-state index contributed by atoms with van der Waals surface area (Å²) in [6, 6.07) is -0.326. The molecule has 2 rings (SSSR count). The topological polar surface area (TPSA) is 85.7 Å². The van der Waals surface area contributed by atoms with Crippen molar-refractivity contribution in [2.45, 2.75) is 77.0 Å². The highest BCUT2D eigenvalue weighted by Crippen LogP contribution is 2.40. The number of unbranched alkanes of at least 4 members (excludes halogenated alkanes) is 1. The number of hydrogen-bond donors (Lipinski definition) is 0. The molecule has 2 aliphatic heterocycles. The van der Waals surface area contributed by atoms with Gasteiger partial charge < -0.3 is 18.9 Å². The van der Waals surface area contributed by atoms with Crippen molar-refractivity contribution < 1.29 is 18.9 Å². The zero-order valence-corrected chi connectivity index (χ0v) is 12.5. The van der Waals surface area contributed by atoms with E-state index in [0.717, 1.165) is 12.8 Å². The fourth-order valence-corrected chi connectivity index (χ4v) is 2.59. The van der Waals surface area contributed by atoms with E-state index in [-0.39, 0.29) is 24.4 Å². The van der Waals surface area contributed by atoms with Crippen LogP contribution in [0.15, 0.2) is 5.11 Å². The standard InChI is InChI=1S/C13H23N3O4/c1-5-6-7-17-10-9(8(2)15-16-14)18-12-11(10)19-13(3,4)20-12/h8-12H,5-7H2,1-4H3/t8-,9+,10+,11+,12+/m0/s1. The molecule has 0 aromatic heterocycles. The summed E-state index contributed by atoms with van der Waals surface area (Å²) in [6.45, 7) is 8.26. The average molecular weight is 285 g/mol. The van der Waals surface area contributed by atoms with Crippen LogP contribution < -0.4 is 0 Å². The minimum atomic E-state index is -0.672. The maximum absolute atomic E-state index is 8.58. The van der Waals surface area contributed by atoms with Gasteiger partial charge in [-0.25, -0.2) is 0 Å². The van der Waals surface area contributed by atoms with Crippen molar-refractivity contribution in [1.82, 2.24) is 0 Å². The predicted octanol–water partition coefficient (Wildman–Crippen LogP) is 2.75. The molecular formula is C13H23N3O4. The van der Waals surface area contributed by atoms with Crippen LogP contribution in [0, 0.1) is 0 Å². The highest BCUT2D eigenvalue weighted by molar-refractivity contribution is 4.97. The van der Waals surface area contributed by atoms with Gasteiger partial charge in [0.15, 0.2) is 12.1 Å². The van der Waals surface area contributed by atoms with E-state index in [4.69, 9.17) is 24.5 Å². The first-order valence-electron chi connectivity index (χ1n) is 7.15. The molecule has 20 heavy (non-hydrogen) atoms. The molecule has 0 aliphatic carbocycles. The summed E-state index contributed by atoms with van der Waals surface area (Å²) in [5.41, 5.74) is 8.58. The van der Waals surface area contributed by atoms with E-state index < -0.39 is 12.1 Å². The van der Waals surface area contributed by atoms with E-state index in [1.54, 1.807) is 0 Å². The second kappa shape index (κ2) is 6.28. The Morgan fingerprint density at radius 2 is 2.15 bits per heavy atom. The molecular weight excluding hydrogens is 262 g/mol. The fraction of sp³-hybridized carbons (Fsp3) is 1.00. The summed E-state index contributed by atoms with van der Waals surface area (Å²) in [4.78, 5) is 2.84. The number of fused-ring (bicyclic) bond motifs is 1. The molecule has 2 fully saturated rings. The number of ether oxygens (including phenoxy) is 4. The van der Waals surface area contributed by atoms with Crippen LogP contribution in [0.4, 0.5) is 0 Å². The Bertz CT molecular complexity index is 384. The van der Waals surface area contributed by atoms with Gasteiger partial charge in [-0.3, -0.25) is 0 Å². The second-order valence-electron chi connectivity index (χ2n) is 5.70. The summed E-state index contributed by atoms with van der Waals surface area (Å²) in [5, 5.41) is 3.71. The van der Waals surface area contributed by atoms with Crippen molar-refractivity contribution in [2.75, 3.05) is 6.61 Å². The Balaban J connectivity index is 2.07.